The molecule has 0 N–H and O–H groups in total. The van der Waals surface area contributed by atoms with Crippen LogP contribution in [0.3, 0.4) is 0 Å². The predicted molar refractivity (Wildman–Crippen MR) is 123 cm³/mol. The second-order valence-electron chi connectivity index (χ2n) is 7.38. The molecule has 0 heterocycles. The molecule has 156 valence electrons. The van der Waals surface area contributed by atoms with Crippen molar-refractivity contribution in [2.45, 2.75) is 13.8 Å². The fourth-order valence-corrected chi connectivity index (χ4v) is 4.00. The molecule has 31 heavy (non-hydrogen) atoms. The molecular formula is C27H25NO3. The van der Waals surface area contributed by atoms with Crippen LogP contribution in [0.15, 0.2) is 78.5 Å². The number of hydrogen-bond donors (Lipinski definition) is 0. The van der Waals surface area contributed by atoms with Gasteiger partial charge in [0.2, 0.25) is 0 Å². The van der Waals surface area contributed by atoms with Crippen LogP contribution in [-0.2, 0) is 0 Å². The Hall–Kier alpha value is -3.66. The topological polar surface area (TPSA) is 46.6 Å². The molecule has 4 heteroatoms. The quantitative estimate of drug-likeness (QED) is 0.418. The van der Waals surface area contributed by atoms with Gasteiger partial charge in [-0.25, -0.2) is 0 Å². The summed E-state index contributed by atoms with van der Waals surface area (Å²) in [5.74, 6) is 0.570. The van der Waals surface area contributed by atoms with Gasteiger partial charge in [-0.15, -0.1) is 0 Å². The molecule has 0 amide bonds. The molecule has 1 aliphatic carbocycles. The third-order valence-corrected chi connectivity index (χ3v) is 5.61. The van der Waals surface area contributed by atoms with Gasteiger partial charge in [0.25, 0.3) is 0 Å². The lowest BCUT2D eigenvalue weighted by Crippen LogP contribution is -2.26. The Balaban J connectivity index is 1.76. The molecule has 0 bridgehead atoms. The lowest BCUT2D eigenvalue weighted by molar-refractivity contribution is 0.0979. The van der Waals surface area contributed by atoms with E-state index in [-0.39, 0.29) is 11.6 Å². The van der Waals surface area contributed by atoms with Gasteiger partial charge >= 0.3 is 0 Å². The molecule has 0 spiro atoms. The summed E-state index contributed by atoms with van der Waals surface area (Å²) in [5, 5.41) is 0. The minimum absolute atomic E-state index is 0.106. The van der Waals surface area contributed by atoms with Gasteiger partial charge < -0.3 is 9.64 Å². The minimum atomic E-state index is -0.111. The van der Waals surface area contributed by atoms with Gasteiger partial charge in [0, 0.05) is 35.3 Å². The lowest BCUT2D eigenvalue weighted by Gasteiger charge is -2.26. The Morgan fingerprint density at radius 3 is 2.06 bits per heavy atom. The van der Waals surface area contributed by atoms with Crippen LogP contribution >= 0.6 is 0 Å². The largest absolute Gasteiger partial charge is 0.487 e. The van der Waals surface area contributed by atoms with Gasteiger partial charge in [-0.2, -0.15) is 0 Å². The number of carbonyl (C=O) groups excluding carboxylic acids is 2. The van der Waals surface area contributed by atoms with E-state index in [0.29, 0.717) is 28.9 Å². The van der Waals surface area contributed by atoms with Crippen LogP contribution in [0.1, 0.15) is 51.3 Å². The normalized spacial score (nSPS) is 12.9. The number of para-hydroxylation sites is 1. The average molecular weight is 412 g/mol. The summed E-state index contributed by atoms with van der Waals surface area (Å²) < 4.78 is 6.01. The Morgan fingerprint density at radius 2 is 1.39 bits per heavy atom. The fourth-order valence-electron chi connectivity index (χ4n) is 4.00. The van der Waals surface area contributed by atoms with Gasteiger partial charge in [-0.3, -0.25) is 9.59 Å². The van der Waals surface area contributed by atoms with Gasteiger partial charge in [-0.05, 0) is 37.6 Å². The highest BCUT2D eigenvalue weighted by molar-refractivity contribution is 6.29. The van der Waals surface area contributed by atoms with Crippen LogP contribution in [0.25, 0.3) is 6.08 Å². The van der Waals surface area contributed by atoms with Crippen molar-refractivity contribution in [2.24, 2.45) is 0 Å². The first-order chi connectivity index (χ1) is 15.1. The highest BCUT2D eigenvalue weighted by atomic mass is 16.5. The van der Waals surface area contributed by atoms with Gasteiger partial charge in [0.05, 0.1) is 5.70 Å². The van der Waals surface area contributed by atoms with Crippen LogP contribution in [0.2, 0.25) is 0 Å². The molecule has 1 aliphatic rings. The number of ether oxygens (including phenoxy) is 1. The zero-order valence-electron chi connectivity index (χ0n) is 17.8. The number of rotatable bonds is 7. The van der Waals surface area contributed by atoms with E-state index in [1.165, 1.54) is 0 Å². The highest BCUT2D eigenvalue weighted by Gasteiger charge is 2.30. The third kappa shape index (κ3) is 4.02. The SMILES string of the molecule is CCN(CC)/C(=C\c1cccc2c1C(=O)c1ccccc1C2=O)COc1ccccc1. The van der Waals surface area contributed by atoms with E-state index < -0.39 is 0 Å². The molecule has 0 aromatic heterocycles. The first-order valence-corrected chi connectivity index (χ1v) is 10.6. The third-order valence-electron chi connectivity index (χ3n) is 5.61. The predicted octanol–water partition coefficient (Wildman–Crippen LogP) is 5.22. The van der Waals surface area contributed by atoms with E-state index in [1.54, 1.807) is 30.3 Å². The number of benzene rings is 3. The van der Waals surface area contributed by atoms with E-state index in [9.17, 15) is 9.59 Å². The average Bonchev–Trinajstić information content (AvgIpc) is 2.82. The molecule has 0 aliphatic heterocycles. The maximum Gasteiger partial charge on any atom is 0.195 e. The summed E-state index contributed by atoms with van der Waals surface area (Å²) in [6.07, 6.45) is 1.98. The molecule has 0 fully saturated rings. The lowest BCUT2D eigenvalue weighted by atomic mass is 9.81. The minimum Gasteiger partial charge on any atom is -0.487 e. The summed E-state index contributed by atoms with van der Waals surface area (Å²) in [7, 11) is 0. The van der Waals surface area contributed by atoms with E-state index in [2.05, 4.69) is 18.7 Å². The summed E-state index contributed by atoms with van der Waals surface area (Å²) >= 11 is 0. The first-order valence-electron chi connectivity index (χ1n) is 10.6. The van der Waals surface area contributed by atoms with Crippen molar-refractivity contribution in [3.05, 3.63) is 106 Å². The van der Waals surface area contributed by atoms with Crippen molar-refractivity contribution >= 4 is 17.6 Å². The summed E-state index contributed by atoms with van der Waals surface area (Å²) in [6, 6.07) is 22.2. The fraction of sp³-hybridized carbons (Fsp3) is 0.185. The molecule has 3 aromatic rings. The summed E-state index contributed by atoms with van der Waals surface area (Å²) in [6.45, 7) is 6.17. The second-order valence-corrected chi connectivity index (χ2v) is 7.38. The molecule has 0 unspecified atom stereocenters. The second kappa shape index (κ2) is 9.00. The van der Waals surface area contributed by atoms with Crippen LogP contribution in [0.4, 0.5) is 0 Å². The number of hydrogen-bond acceptors (Lipinski definition) is 4. The standard InChI is InChI=1S/C27H25NO3/c1-3-28(4-2)20(18-31-21-12-6-5-7-13-21)17-19-11-10-16-24-25(19)27(30)23-15-9-8-14-22(23)26(24)29/h5-17H,3-4,18H2,1-2H3/b20-17-. The Bertz CT molecular complexity index is 1140. The summed E-state index contributed by atoms with van der Waals surface area (Å²) in [4.78, 5) is 28.6. The summed E-state index contributed by atoms with van der Waals surface area (Å²) in [5.41, 5.74) is 3.56. The number of fused-ring (bicyclic) bond motifs is 2. The molecule has 4 nitrogen and oxygen atoms in total. The zero-order chi connectivity index (χ0) is 21.8. The molecule has 0 atom stereocenters. The molecule has 0 radical (unpaired) electrons. The highest BCUT2D eigenvalue weighted by Crippen LogP contribution is 2.30. The van der Waals surface area contributed by atoms with Gasteiger partial charge in [0.15, 0.2) is 11.6 Å². The maximum atomic E-state index is 13.3. The van der Waals surface area contributed by atoms with Crippen molar-refractivity contribution in [3.8, 4) is 5.75 Å². The van der Waals surface area contributed by atoms with Crippen molar-refractivity contribution in [2.75, 3.05) is 19.7 Å². The van der Waals surface area contributed by atoms with Crippen LogP contribution in [0.5, 0.6) is 5.75 Å². The zero-order valence-corrected chi connectivity index (χ0v) is 17.8. The number of carbonyl (C=O) groups is 2. The number of nitrogens with zero attached hydrogens (tertiary/aromatic N) is 1. The van der Waals surface area contributed by atoms with Crippen molar-refractivity contribution in [1.29, 1.82) is 0 Å². The van der Waals surface area contributed by atoms with Gasteiger partial charge in [0.1, 0.15) is 12.4 Å². The molecule has 3 aromatic carbocycles. The van der Waals surface area contributed by atoms with Crippen LogP contribution in [0, 0.1) is 0 Å². The monoisotopic (exact) mass is 411 g/mol. The van der Waals surface area contributed by atoms with Crippen LogP contribution in [-0.4, -0.2) is 36.2 Å². The Morgan fingerprint density at radius 1 is 0.774 bits per heavy atom. The Kier molecular flexibility index (Phi) is 5.99. The molecule has 4 rings (SSSR count). The van der Waals surface area contributed by atoms with Crippen LogP contribution < -0.4 is 4.74 Å². The maximum absolute atomic E-state index is 13.3. The van der Waals surface area contributed by atoms with E-state index >= 15 is 0 Å². The number of likely N-dealkylation sites (N-methyl/N-ethyl adjacent to an activating group) is 1. The number of ketones is 2. The molecular weight excluding hydrogens is 386 g/mol. The Labute approximate surface area is 182 Å². The molecule has 0 saturated heterocycles. The smallest absolute Gasteiger partial charge is 0.195 e. The van der Waals surface area contributed by atoms with E-state index in [1.807, 2.05) is 48.5 Å². The molecule has 0 saturated carbocycles. The van der Waals surface area contributed by atoms with Crippen molar-refractivity contribution in [3.63, 3.8) is 0 Å². The van der Waals surface area contributed by atoms with Gasteiger partial charge in [-0.1, -0.05) is 60.7 Å². The first kappa shape index (κ1) is 20.6. The van der Waals surface area contributed by atoms with Crippen molar-refractivity contribution in [1.82, 2.24) is 4.90 Å². The van der Waals surface area contributed by atoms with E-state index in [4.69, 9.17) is 4.74 Å². The van der Waals surface area contributed by atoms with Crippen molar-refractivity contribution < 1.29 is 14.3 Å². The van der Waals surface area contributed by atoms with E-state index in [0.717, 1.165) is 30.1 Å².